The molecule has 1 unspecified atom stereocenters. The van der Waals surface area contributed by atoms with Crippen molar-refractivity contribution in [3.8, 4) is 0 Å². The fourth-order valence-electron chi connectivity index (χ4n) is 3.57. The Morgan fingerprint density at radius 2 is 2.12 bits per heavy atom. The van der Waals surface area contributed by atoms with Gasteiger partial charge in [-0.3, -0.25) is 4.79 Å². The van der Waals surface area contributed by atoms with E-state index in [0.29, 0.717) is 5.02 Å². The maximum absolute atomic E-state index is 12.9. The Morgan fingerprint density at radius 3 is 2.75 bits per heavy atom. The third kappa shape index (κ3) is 4.64. The maximum atomic E-state index is 12.9. The number of aliphatic hydroxyl groups is 1. The average molecular weight is 353 g/mol. The first-order chi connectivity index (χ1) is 11.5. The number of hydrogen-bond donors (Lipinski definition) is 2. The zero-order valence-electron chi connectivity index (χ0n) is 14.9. The Morgan fingerprint density at radius 1 is 1.38 bits per heavy atom. The molecule has 24 heavy (non-hydrogen) atoms. The number of nitrogens with one attached hydrogen (secondary N) is 1. The van der Waals surface area contributed by atoms with Crippen LogP contribution in [0.3, 0.4) is 0 Å². The lowest BCUT2D eigenvalue weighted by Crippen LogP contribution is -2.55. The number of anilines is 1. The summed E-state index contributed by atoms with van der Waals surface area (Å²) in [5.74, 6) is 0.0841. The lowest BCUT2D eigenvalue weighted by atomic mass is 9.96. The molecule has 4 nitrogen and oxygen atoms in total. The third-order valence-electron chi connectivity index (χ3n) is 4.70. The van der Waals surface area contributed by atoms with E-state index in [4.69, 9.17) is 11.6 Å². The molecule has 0 spiro atoms. The van der Waals surface area contributed by atoms with Gasteiger partial charge in [-0.2, -0.15) is 0 Å². The molecule has 5 heteroatoms. The molecule has 0 saturated carbocycles. The number of carbonyl (C=O) groups is 1. The van der Waals surface area contributed by atoms with Crippen LogP contribution in [-0.2, 0) is 4.79 Å². The number of benzene rings is 1. The topological polar surface area (TPSA) is 52.6 Å². The summed E-state index contributed by atoms with van der Waals surface area (Å²) in [6.45, 7) is 6.80. The van der Waals surface area contributed by atoms with Crippen LogP contribution < -0.4 is 5.32 Å². The van der Waals surface area contributed by atoms with Crippen molar-refractivity contribution in [2.45, 2.75) is 71.1 Å². The minimum absolute atomic E-state index is 0.0841. The smallest absolute Gasteiger partial charge is 0.245 e. The highest BCUT2D eigenvalue weighted by atomic mass is 35.5. The number of hydrogen-bond acceptors (Lipinski definition) is 3. The molecule has 1 aromatic carbocycles. The van der Waals surface area contributed by atoms with Crippen LogP contribution in [0.15, 0.2) is 18.2 Å². The minimum Gasteiger partial charge on any atom is -0.391 e. The van der Waals surface area contributed by atoms with E-state index in [1.54, 1.807) is 0 Å². The summed E-state index contributed by atoms with van der Waals surface area (Å²) in [4.78, 5) is 14.8. The number of nitrogens with zero attached hydrogens (tertiary/aromatic N) is 1. The van der Waals surface area contributed by atoms with Crippen molar-refractivity contribution in [2.75, 3.05) is 11.9 Å². The van der Waals surface area contributed by atoms with Gasteiger partial charge in [0.05, 0.1) is 12.1 Å². The second-order valence-electron chi connectivity index (χ2n) is 6.72. The summed E-state index contributed by atoms with van der Waals surface area (Å²) in [5, 5.41) is 14.4. The normalized spacial score (nSPS) is 20.8. The summed E-state index contributed by atoms with van der Waals surface area (Å²) < 4.78 is 0. The highest BCUT2D eigenvalue weighted by molar-refractivity contribution is 6.30. The van der Waals surface area contributed by atoms with E-state index in [1.165, 1.54) is 0 Å². The van der Waals surface area contributed by atoms with Crippen molar-refractivity contribution in [3.05, 3.63) is 28.8 Å². The summed E-state index contributed by atoms with van der Waals surface area (Å²) >= 11 is 6.11. The second-order valence-corrected chi connectivity index (χ2v) is 7.16. The molecule has 0 aromatic heterocycles. The number of halogens is 1. The highest BCUT2D eigenvalue weighted by Gasteiger charge is 2.35. The zero-order valence-corrected chi connectivity index (χ0v) is 15.6. The molecule has 1 amide bonds. The molecule has 1 fully saturated rings. The van der Waals surface area contributed by atoms with Crippen molar-refractivity contribution in [1.29, 1.82) is 0 Å². The van der Waals surface area contributed by atoms with Gasteiger partial charge in [0.15, 0.2) is 0 Å². The molecule has 1 heterocycles. The van der Waals surface area contributed by atoms with Crippen molar-refractivity contribution in [1.82, 2.24) is 4.90 Å². The number of likely N-dealkylation sites (tertiary alicyclic amines) is 1. The first kappa shape index (κ1) is 19.1. The predicted molar refractivity (Wildman–Crippen MR) is 99.5 cm³/mol. The fraction of sp³-hybridized carbons (Fsp3) is 0.632. The van der Waals surface area contributed by atoms with E-state index in [9.17, 15) is 9.90 Å². The van der Waals surface area contributed by atoms with E-state index in [1.807, 2.05) is 36.9 Å². The summed E-state index contributed by atoms with van der Waals surface area (Å²) in [6.07, 6.45) is 3.73. The van der Waals surface area contributed by atoms with Gasteiger partial charge in [-0.05, 0) is 56.4 Å². The molecule has 0 radical (unpaired) electrons. The lowest BCUT2D eigenvalue weighted by molar-refractivity contribution is -0.140. The van der Waals surface area contributed by atoms with Crippen LogP contribution in [0.1, 0.15) is 51.5 Å². The van der Waals surface area contributed by atoms with E-state index in [0.717, 1.165) is 49.9 Å². The second kappa shape index (κ2) is 8.72. The molecular formula is C19H29ClN2O2. The van der Waals surface area contributed by atoms with Crippen LogP contribution in [0.4, 0.5) is 5.69 Å². The van der Waals surface area contributed by atoms with Crippen molar-refractivity contribution >= 4 is 23.2 Å². The largest absolute Gasteiger partial charge is 0.391 e. The standard InChI is InChI=1S/C19H29ClN2O2/c1-4-7-18(23)17(5-2)22-9-6-8-16(19(22)24)21-15-11-13(3)10-14(20)12-15/h10-12,16-18,21,23H,4-9H2,1-3H3/t16?,17-,18-/m0/s1. The van der Waals surface area contributed by atoms with Crippen LogP contribution >= 0.6 is 11.6 Å². The van der Waals surface area contributed by atoms with E-state index in [2.05, 4.69) is 12.2 Å². The molecule has 0 bridgehead atoms. The van der Waals surface area contributed by atoms with Gasteiger partial charge in [-0.1, -0.05) is 31.9 Å². The van der Waals surface area contributed by atoms with Gasteiger partial charge < -0.3 is 15.3 Å². The molecular weight excluding hydrogens is 324 g/mol. The Hall–Kier alpha value is -1.26. The summed E-state index contributed by atoms with van der Waals surface area (Å²) in [5.41, 5.74) is 1.94. The molecule has 2 rings (SSSR count). The lowest BCUT2D eigenvalue weighted by Gasteiger charge is -2.40. The average Bonchev–Trinajstić information content (AvgIpc) is 2.51. The van der Waals surface area contributed by atoms with Gasteiger partial charge >= 0.3 is 0 Å². The van der Waals surface area contributed by atoms with E-state index >= 15 is 0 Å². The van der Waals surface area contributed by atoms with Crippen LogP contribution in [0.2, 0.25) is 5.02 Å². The summed E-state index contributed by atoms with van der Waals surface area (Å²) in [6, 6.07) is 5.41. The molecule has 1 aliphatic rings. The Kier molecular flexibility index (Phi) is 6.93. The summed E-state index contributed by atoms with van der Waals surface area (Å²) in [7, 11) is 0. The van der Waals surface area contributed by atoms with Crippen LogP contribution in [-0.4, -0.2) is 40.6 Å². The first-order valence-corrected chi connectivity index (χ1v) is 9.36. The SMILES string of the molecule is CCC[C@H](O)[C@H](CC)N1CCCC(Nc2cc(C)cc(Cl)c2)C1=O. The molecule has 134 valence electrons. The number of aliphatic hydroxyl groups excluding tert-OH is 1. The number of rotatable bonds is 7. The van der Waals surface area contributed by atoms with Gasteiger partial charge in [0.1, 0.15) is 6.04 Å². The zero-order chi connectivity index (χ0) is 17.7. The molecule has 2 N–H and O–H groups in total. The van der Waals surface area contributed by atoms with E-state index < -0.39 is 6.10 Å². The minimum atomic E-state index is -0.448. The predicted octanol–water partition coefficient (Wildman–Crippen LogP) is 3.99. The monoisotopic (exact) mass is 352 g/mol. The number of amides is 1. The van der Waals surface area contributed by atoms with Crippen molar-refractivity contribution < 1.29 is 9.90 Å². The van der Waals surface area contributed by atoms with Gasteiger partial charge in [0.25, 0.3) is 0 Å². The van der Waals surface area contributed by atoms with Gasteiger partial charge in [0.2, 0.25) is 5.91 Å². The highest BCUT2D eigenvalue weighted by Crippen LogP contribution is 2.25. The quantitative estimate of drug-likeness (QED) is 0.780. The van der Waals surface area contributed by atoms with Crippen LogP contribution in [0.5, 0.6) is 0 Å². The van der Waals surface area contributed by atoms with Gasteiger partial charge in [-0.25, -0.2) is 0 Å². The van der Waals surface area contributed by atoms with Crippen molar-refractivity contribution in [3.63, 3.8) is 0 Å². The molecule has 1 aromatic rings. The maximum Gasteiger partial charge on any atom is 0.245 e. The Balaban J connectivity index is 2.11. The van der Waals surface area contributed by atoms with Gasteiger partial charge in [0, 0.05) is 17.3 Å². The van der Waals surface area contributed by atoms with Crippen LogP contribution in [0, 0.1) is 6.92 Å². The number of piperidine rings is 1. The Bertz CT molecular complexity index is 544. The molecule has 1 aliphatic heterocycles. The molecule has 0 aliphatic carbocycles. The first-order valence-electron chi connectivity index (χ1n) is 8.98. The number of aryl methyl sites for hydroxylation is 1. The van der Waals surface area contributed by atoms with Gasteiger partial charge in [-0.15, -0.1) is 0 Å². The number of carbonyl (C=O) groups excluding carboxylic acids is 1. The molecule has 3 atom stereocenters. The van der Waals surface area contributed by atoms with Crippen molar-refractivity contribution in [2.24, 2.45) is 0 Å². The Labute approximate surface area is 150 Å². The molecule has 1 saturated heterocycles. The van der Waals surface area contributed by atoms with Crippen LogP contribution in [0.25, 0.3) is 0 Å². The fourth-order valence-corrected chi connectivity index (χ4v) is 3.86. The third-order valence-corrected chi connectivity index (χ3v) is 4.92. The van der Waals surface area contributed by atoms with E-state index in [-0.39, 0.29) is 18.0 Å².